The van der Waals surface area contributed by atoms with Crippen LogP contribution in [0.5, 0.6) is 0 Å². The molecule has 1 aliphatic rings. The van der Waals surface area contributed by atoms with Gasteiger partial charge in [-0.3, -0.25) is 9.59 Å². The van der Waals surface area contributed by atoms with Gasteiger partial charge in [-0.05, 0) is 24.6 Å². The highest BCUT2D eigenvalue weighted by atomic mass is 16.2. The predicted molar refractivity (Wildman–Crippen MR) is 98.2 cm³/mol. The quantitative estimate of drug-likeness (QED) is 0.788. The molecule has 1 aromatic heterocycles. The smallest absolute Gasteiger partial charge is 0.243 e. The Morgan fingerprint density at radius 3 is 2.40 bits per heavy atom. The van der Waals surface area contributed by atoms with Gasteiger partial charge in [0.15, 0.2) is 0 Å². The van der Waals surface area contributed by atoms with Crippen LogP contribution in [0.1, 0.15) is 26.3 Å². The Hall–Kier alpha value is -2.15. The molecule has 0 saturated carbocycles. The number of likely N-dealkylation sites (N-methyl/N-ethyl adjacent to an activating group) is 1. The van der Waals surface area contributed by atoms with Gasteiger partial charge in [0.05, 0.1) is 0 Å². The molecule has 1 saturated heterocycles. The standard InChI is InChI=1S/C18H29N5O2/c1-13(2)17(21-14(3)24)18(25)20-12-15-5-6-16(19-11-15)23-9-7-22(4)8-10-23/h5-6,11,13,17H,7-10,12H2,1-4H3,(H,20,25)(H,21,24). The van der Waals surface area contributed by atoms with Crippen molar-refractivity contribution in [2.45, 2.75) is 33.4 Å². The molecule has 1 aromatic rings. The number of nitrogens with zero attached hydrogens (tertiary/aromatic N) is 3. The lowest BCUT2D eigenvalue weighted by atomic mass is 10.0. The number of hydrogen-bond acceptors (Lipinski definition) is 5. The SMILES string of the molecule is CC(=O)NC(C(=O)NCc1ccc(N2CCN(C)CC2)nc1)C(C)C. The molecule has 2 N–H and O–H groups in total. The molecule has 1 fully saturated rings. The highest BCUT2D eigenvalue weighted by Crippen LogP contribution is 2.13. The zero-order valence-electron chi connectivity index (χ0n) is 15.6. The summed E-state index contributed by atoms with van der Waals surface area (Å²) in [4.78, 5) is 32.6. The van der Waals surface area contributed by atoms with E-state index in [1.807, 2.05) is 26.0 Å². The molecule has 7 nitrogen and oxygen atoms in total. The van der Waals surface area contributed by atoms with Crippen molar-refractivity contribution in [2.75, 3.05) is 38.1 Å². The second-order valence-corrected chi connectivity index (χ2v) is 6.95. The van der Waals surface area contributed by atoms with E-state index < -0.39 is 6.04 Å². The first-order chi connectivity index (χ1) is 11.9. The Kier molecular flexibility index (Phi) is 6.75. The lowest BCUT2D eigenvalue weighted by molar-refractivity contribution is -0.129. The summed E-state index contributed by atoms with van der Waals surface area (Å²) in [6, 6.07) is 3.47. The van der Waals surface area contributed by atoms with E-state index in [4.69, 9.17) is 0 Å². The number of rotatable bonds is 6. The van der Waals surface area contributed by atoms with Crippen LogP contribution in [-0.4, -0.2) is 61.0 Å². The van der Waals surface area contributed by atoms with E-state index in [9.17, 15) is 9.59 Å². The maximum Gasteiger partial charge on any atom is 0.243 e. The van der Waals surface area contributed by atoms with Gasteiger partial charge >= 0.3 is 0 Å². The van der Waals surface area contributed by atoms with Crippen molar-refractivity contribution in [3.63, 3.8) is 0 Å². The number of carbonyl (C=O) groups excluding carboxylic acids is 2. The van der Waals surface area contributed by atoms with Gasteiger partial charge in [-0.2, -0.15) is 0 Å². The van der Waals surface area contributed by atoms with E-state index in [1.54, 1.807) is 6.20 Å². The lowest BCUT2D eigenvalue weighted by Crippen LogP contribution is -2.48. The molecule has 1 aliphatic heterocycles. The average molecular weight is 347 g/mol. The second kappa shape index (κ2) is 8.80. The number of aromatic nitrogens is 1. The van der Waals surface area contributed by atoms with E-state index >= 15 is 0 Å². The number of piperazine rings is 1. The topological polar surface area (TPSA) is 77.6 Å². The summed E-state index contributed by atoms with van der Waals surface area (Å²) in [5.74, 6) is 0.628. The zero-order valence-corrected chi connectivity index (χ0v) is 15.6. The number of hydrogen-bond donors (Lipinski definition) is 2. The number of carbonyl (C=O) groups is 2. The van der Waals surface area contributed by atoms with Crippen molar-refractivity contribution in [2.24, 2.45) is 5.92 Å². The van der Waals surface area contributed by atoms with Crippen LogP contribution in [0.25, 0.3) is 0 Å². The van der Waals surface area contributed by atoms with Gasteiger partial charge in [0.25, 0.3) is 0 Å². The van der Waals surface area contributed by atoms with E-state index in [2.05, 4.69) is 32.5 Å². The minimum atomic E-state index is -0.518. The Labute approximate surface area is 149 Å². The summed E-state index contributed by atoms with van der Waals surface area (Å²) in [6.07, 6.45) is 1.80. The van der Waals surface area contributed by atoms with Gasteiger partial charge in [0.1, 0.15) is 11.9 Å². The molecule has 1 atom stereocenters. The summed E-state index contributed by atoms with van der Waals surface area (Å²) in [7, 11) is 2.13. The van der Waals surface area contributed by atoms with E-state index in [0.29, 0.717) is 6.54 Å². The van der Waals surface area contributed by atoms with Crippen molar-refractivity contribution < 1.29 is 9.59 Å². The Bertz CT molecular complexity index is 580. The summed E-state index contributed by atoms with van der Waals surface area (Å²) >= 11 is 0. The fourth-order valence-corrected chi connectivity index (χ4v) is 2.80. The highest BCUT2D eigenvalue weighted by molar-refractivity contribution is 5.87. The Morgan fingerprint density at radius 2 is 1.88 bits per heavy atom. The predicted octanol–water partition coefficient (Wildman–Crippen LogP) is 0.610. The fourth-order valence-electron chi connectivity index (χ4n) is 2.80. The van der Waals surface area contributed by atoms with Crippen molar-refractivity contribution in [1.29, 1.82) is 0 Å². The normalized spacial score (nSPS) is 16.6. The molecule has 25 heavy (non-hydrogen) atoms. The second-order valence-electron chi connectivity index (χ2n) is 6.95. The van der Waals surface area contributed by atoms with Crippen molar-refractivity contribution in [3.05, 3.63) is 23.9 Å². The van der Waals surface area contributed by atoms with Gasteiger partial charge in [-0.1, -0.05) is 19.9 Å². The molecule has 0 radical (unpaired) electrons. The largest absolute Gasteiger partial charge is 0.354 e. The van der Waals surface area contributed by atoms with Crippen LogP contribution < -0.4 is 15.5 Å². The van der Waals surface area contributed by atoms with Crippen LogP contribution >= 0.6 is 0 Å². The zero-order chi connectivity index (χ0) is 18.4. The molecular formula is C18H29N5O2. The molecule has 7 heteroatoms. The molecule has 0 aliphatic carbocycles. The van der Waals surface area contributed by atoms with Gasteiger partial charge in [-0.15, -0.1) is 0 Å². The minimum absolute atomic E-state index is 0.0293. The third-order valence-corrected chi connectivity index (χ3v) is 4.41. The van der Waals surface area contributed by atoms with Crippen LogP contribution in [0.2, 0.25) is 0 Å². The van der Waals surface area contributed by atoms with Gasteiger partial charge in [-0.25, -0.2) is 4.98 Å². The van der Waals surface area contributed by atoms with Crippen molar-refractivity contribution in [1.82, 2.24) is 20.5 Å². The van der Waals surface area contributed by atoms with E-state index in [0.717, 1.165) is 37.6 Å². The molecule has 2 heterocycles. The summed E-state index contributed by atoms with van der Waals surface area (Å²) in [5, 5.41) is 5.57. The lowest BCUT2D eigenvalue weighted by Gasteiger charge is -2.33. The number of anilines is 1. The van der Waals surface area contributed by atoms with Crippen molar-refractivity contribution in [3.8, 4) is 0 Å². The summed E-state index contributed by atoms with van der Waals surface area (Å²) in [6.45, 7) is 9.68. The maximum atomic E-state index is 12.3. The molecule has 0 bridgehead atoms. The molecule has 0 aromatic carbocycles. The monoisotopic (exact) mass is 347 g/mol. The molecule has 1 unspecified atom stereocenters. The average Bonchev–Trinajstić information content (AvgIpc) is 2.58. The van der Waals surface area contributed by atoms with E-state index in [1.165, 1.54) is 6.92 Å². The first-order valence-corrected chi connectivity index (χ1v) is 8.80. The first-order valence-electron chi connectivity index (χ1n) is 8.80. The number of nitrogens with one attached hydrogen (secondary N) is 2. The van der Waals surface area contributed by atoms with Crippen LogP contribution in [0.4, 0.5) is 5.82 Å². The first kappa shape index (κ1) is 19.2. The fraction of sp³-hybridized carbons (Fsp3) is 0.611. The maximum absolute atomic E-state index is 12.3. The van der Waals surface area contributed by atoms with Crippen LogP contribution in [-0.2, 0) is 16.1 Å². The molecule has 0 spiro atoms. The van der Waals surface area contributed by atoms with Crippen LogP contribution in [0.3, 0.4) is 0 Å². The molecule has 2 amide bonds. The summed E-state index contributed by atoms with van der Waals surface area (Å²) in [5.41, 5.74) is 0.941. The highest BCUT2D eigenvalue weighted by Gasteiger charge is 2.22. The van der Waals surface area contributed by atoms with Gasteiger partial charge in [0.2, 0.25) is 11.8 Å². The third-order valence-electron chi connectivity index (χ3n) is 4.41. The summed E-state index contributed by atoms with van der Waals surface area (Å²) < 4.78 is 0. The Morgan fingerprint density at radius 1 is 1.20 bits per heavy atom. The van der Waals surface area contributed by atoms with Crippen LogP contribution in [0.15, 0.2) is 18.3 Å². The molecule has 2 rings (SSSR count). The van der Waals surface area contributed by atoms with Crippen molar-refractivity contribution >= 4 is 17.6 Å². The van der Waals surface area contributed by atoms with Crippen LogP contribution in [0, 0.1) is 5.92 Å². The van der Waals surface area contributed by atoms with E-state index in [-0.39, 0.29) is 17.7 Å². The number of pyridine rings is 1. The van der Waals surface area contributed by atoms with Gasteiger partial charge in [0, 0.05) is 45.8 Å². The Balaban J connectivity index is 1.88. The van der Waals surface area contributed by atoms with Gasteiger partial charge < -0.3 is 20.4 Å². The molecule has 138 valence electrons. The number of amides is 2. The third kappa shape index (κ3) is 5.70. The minimum Gasteiger partial charge on any atom is -0.354 e. The molecular weight excluding hydrogens is 318 g/mol.